The Hall–Kier alpha value is -2.29. The van der Waals surface area contributed by atoms with Crippen molar-refractivity contribution >= 4 is 17.0 Å². The van der Waals surface area contributed by atoms with Crippen molar-refractivity contribution < 1.29 is 4.57 Å². The van der Waals surface area contributed by atoms with Gasteiger partial charge in [0.2, 0.25) is 0 Å². The van der Waals surface area contributed by atoms with E-state index in [0.29, 0.717) is 0 Å². The highest BCUT2D eigenvalue weighted by Gasteiger charge is 2.27. The molecular weight excluding hydrogens is 246 g/mol. The summed E-state index contributed by atoms with van der Waals surface area (Å²) in [7, 11) is 0. The minimum Gasteiger partial charge on any atom is -0.274 e. The Labute approximate surface area is 118 Å². The monoisotopic (exact) mass is 264 g/mol. The normalized spacial score (nSPS) is 13.4. The average molecular weight is 264 g/mol. The van der Waals surface area contributed by atoms with Gasteiger partial charge in [-0.3, -0.25) is 5.32 Å². The van der Waals surface area contributed by atoms with Gasteiger partial charge in [-0.05, 0) is 30.2 Å². The molecule has 2 heterocycles. The Morgan fingerprint density at radius 2 is 1.90 bits per heavy atom. The maximum Gasteiger partial charge on any atom is 0.358 e. The van der Waals surface area contributed by atoms with Crippen LogP contribution >= 0.6 is 0 Å². The second kappa shape index (κ2) is 4.37. The molecule has 0 unspecified atom stereocenters. The largest absolute Gasteiger partial charge is 0.358 e. The maximum atomic E-state index is 3.52. The van der Waals surface area contributed by atoms with Crippen molar-refractivity contribution in [3.63, 3.8) is 0 Å². The molecule has 3 nitrogen and oxygen atoms in total. The first kappa shape index (κ1) is 11.5. The minimum absolute atomic E-state index is 0.919. The standard InChI is InChI=1S/C17H17N3/c1-13-6-2-3-7-14(13)12-20-16-9-5-4-8-15(16)19-11-10-18-17(19)20/h2-9H,10-12H2,1H3/p+1. The van der Waals surface area contributed by atoms with Crippen LogP contribution in [0.3, 0.4) is 0 Å². The fourth-order valence-electron chi connectivity index (χ4n) is 3.11. The van der Waals surface area contributed by atoms with Crippen molar-refractivity contribution in [2.75, 3.05) is 11.9 Å². The predicted octanol–water partition coefficient (Wildman–Crippen LogP) is 2.71. The topological polar surface area (TPSA) is 20.8 Å². The highest BCUT2D eigenvalue weighted by atomic mass is 15.3. The molecule has 1 aromatic heterocycles. The predicted molar refractivity (Wildman–Crippen MR) is 80.9 cm³/mol. The SMILES string of the molecule is Cc1ccccc1Cn1c2[n+](c3ccccc31)CCN2. The van der Waals surface area contributed by atoms with E-state index in [1.165, 1.54) is 28.1 Å². The van der Waals surface area contributed by atoms with E-state index < -0.39 is 0 Å². The first-order valence-electron chi connectivity index (χ1n) is 7.14. The molecule has 0 spiro atoms. The summed E-state index contributed by atoms with van der Waals surface area (Å²) in [4.78, 5) is 0. The fraction of sp³-hybridized carbons (Fsp3) is 0.235. The van der Waals surface area contributed by atoms with E-state index in [2.05, 4.69) is 69.9 Å². The number of para-hydroxylation sites is 2. The number of hydrogen-bond acceptors (Lipinski definition) is 1. The molecule has 1 aliphatic rings. The van der Waals surface area contributed by atoms with Crippen LogP contribution in [-0.4, -0.2) is 11.1 Å². The van der Waals surface area contributed by atoms with Gasteiger partial charge in [-0.2, -0.15) is 0 Å². The number of imidazole rings is 1. The fourth-order valence-corrected chi connectivity index (χ4v) is 3.11. The molecule has 4 rings (SSSR count). The van der Waals surface area contributed by atoms with E-state index in [4.69, 9.17) is 0 Å². The Morgan fingerprint density at radius 1 is 1.10 bits per heavy atom. The molecule has 1 aliphatic heterocycles. The highest BCUT2D eigenvalue weighted by Crippen LogP contribution is 2.22. The van der Waals surface area contributed by atoms with Crippen LogP contribution in [-0.2, 0) is 13.1 Å². The van der Waals surface area contributed by atoms with Crippen LogP contribution in [0.15, 0.2) is 48.5 Å². The van der Waals surface area contributed by atoms with E-state index >= 15 is 0 Å². The van der Waals surface area contributed by atoms with Crippen molar-refractivity contribution in [2.45, 2.75) is 20.0 Å². The molecule has 3 aromatic rings. The van der Waals surface area contributed by atoms with Crippen LogP contribution in [0.25, 0.3) is 11.0 Å². The third kappa shape index (κ3) is 1.63. The highest BCUT2D eigenvalue weighted by molar-refractivity contribution is 5.74. The quantitative estimate of drug-likeness (QED) is 0.706. The first-order valence-corrected chi connectivity index (χ1v) is 7.14. The van der Waals surface area contributed by atoms with Gasteiger partial charge in [0, 0.05) is 0 Å². The average Bonchev–Trinajstić information content (AvgIpc) is 3.04. The zero-order chi connectivity index (χ0) is 13.5. The van der Waals surface area contributed by atoms with Crippen molar-refractivity contribution in [3.05, 3.63) is 59.7 Å². The van der Waals surface area contributed by atoms with Crippen LogP contribution in [0.5, 0.6) is 0 Å². The summed E-state index contributed by atoms with van der Waals surface area (Å²) in [5.41, 5.74) is 5.35. The van der Waals surface area contributed by atoms with Crippen LogP contribution in [0, 0.1) is 6.92 Å². The van der Waals surface area contributed by atoms with Gasteiger partial charge in [-0.15, -0.1) is 0 Å². The van der Waals surface area contributed by atoms with Crippen LogP contribution < -0.4 is 9.88 Å². The molecule has 0 saturated heterocycles. The third-order valence-electron chi connectivity index (χ3n) is 4.18. The van der Waals surface area contributed by atoms with Gasteiger partial charge in [-0.1, -0.05) is 36.4 Å². The van der Waals surface area contributed by atoms with E-state index in [1.807, 2.05) is 0 Å². The van der Waals surface area contributed by atoms with Gasteiger partial charge >= 0.3 is 5.95 Å². The molecular formula is C17H18N3+. The molecule has 20 heavy (non-hydrogen) atoms. The summed E-state index contributed by atoms with van der Waals surface area (Å²) in [5, 5.41) is 3.52. The van der Waals surface area contributed by atoms with Gasteiger partial charge in [-0.25, -0.2) is 9.13 Å². The summed E-state index contributed by atoms with van der Waals surface area (Å²) in [6.07, 6.45) is 0. The van der Waals surface area contributed by atoms with E-state index in [9.17, 15) is 0 Å². The van der Waals surface area contributed by atoms with Crippen molar-refractivity contribution in [2.24, 2.45) is 0 Å². The lowest BCUT2D eigenvalue weighted by molar-refractivity contribution is -0.644. The molecule has 0 bridgehead atoms. The van der Waals surface area contributed by atoms with Crippen molar-refractivity contribution in [3.8, 4) is 0 Å². The smallest absolute Gasteiger partial charge is 0.274 e. The Kier molecular flexibility index (Phi) is 2.52. The minimum atomic E-state index is 0.919. The molecule has 2 aromatic carbocycles. The zero-order valence-corrected chi connectivity index (χ0v) is 11.6. The molecule has 0 radical (unpaired) electrons. The van der Waals surface area contributed by atoms with Crippen LogP contribution in [0.2, 0.25) is 0 Å². The number of benzene rings is 2. The number of anilines is 1. The van der Waals surface area contributed by atoms with Gasteiger partial charge in [0.05, 0.1) is 13.1 Å². The lowest BCUT2D eigenvalue weighted by Gasteiger charge is -2.05. The lowest BCUT2D eigenvalue weighted by Crippen LogP contribution is -2.29. The molecule has 0 saturated carbocycles. The molecule has 100 valence electrons. The van der Waals surface area contributed by atoms with Gasteiger partial charge in [0.25, 0.3) is 0 Å². The number of rotatable bonds is 2. The summed E-state index contributed by atoms with van der Waals surface area (Å²) in [6.45, 7) is 5.18. The second-order valence-electron chi connectivity index (χ2n) is 5.40. The number of fused-ring (bicyclic) bond motifs is 3. The third-order valence-corrected chi connectivity index (χ3v) is 4.18. The van der Waals surface area contributed by atoms with Gasteiger partial charge in [0.1, 0.15) is 17.6 Å². The van der Waals surface area contributed by atoms with E-state index in [0.717, 1.165) is 19.6 Å². The molecule has 3 heteroatoms. The Bertz CT molecular complexity index is 786. The molecule has 0 fully saturated rings. The second-order valence-corrected chi connectivity index (χ2v) is 5.40. The van der Waals surface area contributed by atoms with Gasteiger partial charge < -0.3 is 0 Å². The van der Waals surface area contributed by atoms with E-state index in [-0.39, 0.29) is 0 Å². The Morgan fingerprint density at radius 3 is 2.80 bits per heavy atom. The number of nitrogens with zero attached hydrogens (tertiary/aromatic N) is 2. The van der Waals surface area contributed by atoms with Crippen LogP contribution in [0.1, 0.15) is 11.1 Å². The summed E-state index contributed by atoms with van der Waals surface area (Å²) in [5.74, 6) is 1.23. The molecule has 0 aliphatic carbocycles. The number of aryl methyl sites for hydroxylation is 1. The lowest BCUT2D eigenvalue weighted by atomic mass is 10.1. The maximum absolute atomic E-state index is 3.52. The number of nitrogens with one attached hydrogen (secondary N) is 1. The first-order chi connectivity index (χ1) is 9.84. The number of aromatic nitrogens is 2. The van der Waals surface area contributed by atoms with Crippen molar-refractivity contribution in [1.29, 1.82) is 0 Å². The van der Waals surface area contributed by atoms with Gasteiger partial charge in [0.15, 0.2) is 0 Å². The Balaban J connectivity index is 1.90. The van der Waals surface area contributed by atoms with E-state index in [1.54, 1.807) is 0 Å². The summed E-state index contributed by atoms with van der Waals surface area (Å²) >= 11 is 0. The molecule has 0 amide bonds. The van der Waals surface area contributed by atoms with Crippen LogP contribution in [0.4, 0.5) is 5.95 Å². The summed E-state index contributed by atoms with van der Waals surface area (Å²) in [6, 6.07) is 17.3. The zero-order valence-electron chi connectivity index (χ0n) is 11.6. The molecule has 1 N–H and O–H groups in total. The number of hydrogen-bond donors (Lipinski definition) is 1. The summed E-state index contributed by atoms with van der Waals surface area (Å²) < 4.78 is 4.78. The van der Waals surface area contributed by atoms with Crippen molar-refractivity contribution in [1.82, 2.24) is 4.57 Å². The molecule has 0 atom stereocenters.